The van der Waals surface area contributed by atoms with E-state index in [4.69, 9.17) is 17.0 Å². The third kappa shape index (κ3) is 7.21. The van der Waals surface area contributed by atoms with Crippen LogP contribution in [0.25, 0.3) is 0 Å². The molecule has 7 heteroatoms. The lowest BCUT2D eigenvalue weighted by Crippen LogP contribution is -2.34. The zero-order valence-electron chi connectivity index (χ0n) is 17.8. The van der Waals surface area contributed by atoms with Crippen molar-refractivity contribution in [3.8, 4) is 5.75 Å². The molecule has 0 fully saturated rings. The number of carbonyl (C=O) groups excluding carboxylic acids is 2. The summed E-state index contributed by atoms with van der Waals surface area (Å²) in [6, 6.07) is 24.1. The number of hydrogen-bond acceptors (Lipinski definition) is 4. The van der Waals surface area contributed by atoms with Crippen LogP contribution in [-0.4, -0.2) is 23.5 Å². The maximum absolute atomic E-state index is 12.6. The van der Waals surface area contributed by atoms with Crippen molar-refractivity contribution in [2.24, 2.45) is 0 Å². The molecule has 3 aromatic rings. The van der Waals surface area contributed by atoms with Crippen LogP contribution in [0, 0.1) is 0 Å². The van der Waals surface area contributed by atoms with E-state index < -0.39 is 0 Å². The van der Waals surface area contributed by atoms with Crippen LogP contribution in [0.15, 0.2) is 78.9 Å². The van der Waals surface area contributed by atoms with Crippen molar-refractivity contribution in [3.63, 3.8) is 0 Å². The average molecular weight is 448 g/mol. The highest BCUT2D eigenvalue weighted by molar-refractivity contribution is 7.80. The lowest BCUT2D eigenvalue weighted by Gasteiger charge is -2.11. The predicted molar refractivity (Wildman–Crippen MR) is 131 cm³/mol. The van der Waals surface area contributed by atoms with E-state index in [0.29, 0.717) is 35.7 Å². The Morgan fingerprint density at radius 1 is 0.875 bits per heavy atom. The Labute approximate surface area is 193 Å². The molecule has 0 atom stereocenters. The first-order chi connectivity index (χ1) is 15.5. The molecule has 0 aliphatic heterocycles. The summed E-state index contributed by atoms with van der Waals surface area (Å²) in [5.74, 6) is 0.236. The fourth-order valence-electron chi connectivity index (χ4n) is 2.88. The average Bonchev–Trinajstić information content (AvgIpc) is 2.81. The third-order valence-corrected chi connectivity index (χ3v) is 4.78. The minimum atomic E-state index is -0.331. The molecule has 0 unspecified atom stereocenters. The monoisotopic (exact) mass is 447 g/mol. The Balaban J connectivity index is 1.50. The molecule has 6 nitrogen and oxygen atoms in total. The van der Waals surface area contributed by atoms with Crippen molar-refractivity contribution in [3.05, 3.63) is 90.0 Å². The highest BCUT2D eigenvalue weighted by Gasteiger charge is 2.09. The largest absolute Gasteiger partial charge is 0.493 e. The topological polar surface area (TPSA) is 79.5 Å². The molecular weight excluding hydrogens is 422 g/mol. The van der Waals surface area contributed by atoms with Crippen LogP contribution in [0.5, 0.6) is 5.75 Å². The van der Waals surface area contributed by atoms with Gasteiger partial charge in [0.05, 0.1) is 6.61 Å². The molecule has 0 aliphatic carbocycles. The van der Waals surface area contributed by atoms with E-state index in [1.54, 1.807) is 49.4 Å². The molecule has 0 heterocycles. The molecule has 3 N–H and O–H groups in total. The Hall–Kier alpha value is -3.71. The van der Waals surface area contributed by atoms with Gasteiger partial charge in [-0.1, -0.05) is 43.3 Å². The number of benzene rings is 3. The van der Waals surface area contributed by atoms with Crippen molar-refractivity contribution in [1.82, 2.24) is 5.32 Å². The number of carbonyl (C=O) groups is 2. The SMILES string of the molecule is CCC(=O)Nc1ccc(NC(=S)NC(=O)c2cccc(OCCc3ccccc3)c2)cc1. The van der Waals surface area contributed by atoms with Gasteiger partial charge in [0.25, 0.3) is 5.91 Å². The summed E-state index contributed by atoms with van der Waals surface area (Å²) in [6.45, 7) is 2.31. The second-order valence-corrected chi connectivity index (χ2v) is 7.41. The molecule has 0 spiro atoms. The van der Waals surface area contributed by atoms with E-state index in [1.165, 1.54) is 5.56 Å². The fraction of sp³-hybridized carbons (Fsp3) is 0.160. The number of ether oxygens (including phenoxy) is 1. The zero-order chi connectivity index (χ0) is 22.8. The van der Waals surface area contributed by atoms with E-state index >= 15 is 0 Å². The van der Waals surface area contributed by atoms with Crippen molar-refractivity contribution < 1.29 is 14.3 Å². The van der Waals surface area contributed by atoms with Crippen LogP contribution in [0.2, 0.25) is 0 Å². The Morgan fingerprint density at radius 2 is 1.56 bits per heavy atom. The normalized spacial score (nSPS) is 10.2. The van der Waals surface area contributed by atoms with Crippen molar-refractivity contribution in [1.29, 1.82) is 0 Å². The van der Waals surface area contributed by atoms with Gasteiger partial charge in [0.2, 0.25) is 5.91 Å². The molecule has 164 valence electrons. The summed E-state index contributed by atoms with van der Waals surface area (Å²) >= 11 is 5.25. The fourth-order valence-corrected chi connectivity index (χ4v) is 3.09. The summed E-state index contributed by atoms with van der Waals surface area (Å²) in [5, 5.41) is 8.58. The summed E-state index contributed by atoms with van der Waals surface area (Å²) in [4.78, 5) is 24.0. The van der Waals surface area contributed by atoms with Gasteiger partial charge in [-0.3, -0.25) is 14.9 Å². The summed E-state index contributed by atoms with van der Waals surface area (Å²) in [6.07, 6.45) is 1.20. The maximum Gasteiger partial charge on any atom is 0.257 e. The minimum absolute atomic E-state index is 0.0558. The lowest BCUT2D eigenvalue weighted by atomic mass is 10.2. The number of rotatable bonds is 8. The van der Waals surface area contributed by atoms with Crippen LogP contribution in [0.4, 0.5) is 11.4 Å². The van der Waals surface area contributed by atoms with Gasteiger partial charge >= 0.3 is 0 Å². The Morgan fingerprint density at radius 3 is 2.25 bits per heavy atom. The highest BCUT2D eigenvalue weighted by Crippen LogP contribution is 2.15. The van der Waals surface area contributed by atoms with Gasteiger partial charge in [0.1, 0.15) is 5.75 Å². The van der Waals surface area contributed by atoms with Crippen molar-refractivity contribution in [2.45, 2.75) is 19.8 Å². The van der Waals surface area contributed by atoms with Gasteiger partial charge < -0.3 is 15.4 Å². The third-order valence-electron chi connectivity index (χ3n) is 4.57. The summed E-state index contributed by atoms with van der Waals surface area (Å²) in [7, 11) is 0. The maximum atomic E-state index is 12.6. The molecule has 32 heavy (non-hydrogen) atoms. The van der Waals surface area contributed by atoms with Crippen LogP contribution < -0.4 is 20.7 Å². The molecule has 0 radical (unpaired) electrons. The molecule has 3 aromatic carbocycles. The summed E-state index contributed by atoms with van der Waals surface area (Å²) in [5.41, 5.74) is 3.03. The van der Waals surface area contributed by atoms with Crippen LogP contribution >= 0.6 is 12.2 Å². The quantitative estimate of drug-likeness (QED) is 0.433. The van der Waals surface area contributed by atoms with Gasteiger partial charge in [0, 0.05) is 29.8 Å². The molecule has 2 amide bonds. The number of nitrogens with one attached hydrogen (secondary N) is 3. The number of thiocarbonyl (C=S) groups is 1. The van der Waals surface area contributed by atoms with Crippen molar-refractivity contribution >= 4 is 40.5 Å². The lowest BCUT2D eigenvalue weighted by molar-refractivity contribution is -0.115. The molecule has 0 aromatic heterocycles. The molecule has 0 bridgehead atoms. The smallest absolute Gasteiger partial charge is 0.257 e. The van der Waals surface area contributed by atoms with E-state index in [-0.39, 0.29) is 16.9 Å². The number of hydrogen-bond donors (Lipinski definition) is 3. The Bertz CT molecular complexity index is 1070. The molecule has 3 rings (SSSR count). The molecular formula is C25H25N3O3S. The number of amides is 2. The van der Waals surface area contributed by atoms with Gasteiger partial charge in [-0.25, -0.2) is 0 Å². The molecule has 0 saturated carbocycles. The van der Waals surface area contributed by atoms with E-state index in [2.05, 4.69) is 28.1 Å². The van der Waals surface area contributed by atoms with E-state index in [0.717, 1.165) is 6.42 Å². The molecule has 0 aliphatic rings. The van der Waals surface area contributed by atoms with E-state index in [9.17, 15) is 9.59 Å². The zero-order valence-corrected chi connectivity index (χ0v) is 18.6. The molecule has 0 saturated heterocycles. The second-order valence-electron chi connectivity index (χ2n) is 7.00. The minimum Gasteiger partial charge on any atom is -0.493 e. The van der Waals surface area contributed by atoms with Gasteiger partial charge in [-0.05, 0) is 60.2 Å². The standard InChI is InChI=1S/C25H25N3O3S/c1-2-23(29)26-20-11-13-21(14-12-20)27-25(32)28-24(30)19-9-6-10-22(17-19)31-16-15-18-7-4-3-5-8-18/h3-14,17H,2,15-16H2,1H3,(H,26,29)(H2,27,28,30,32). The first kappa shape index (κ1) is 23.0. The highest BCUT2D eigenvalue weighted by atomic mass is 32.1. The van der Waals surface area contributed by atoms with Gasteiger partial charge in [-0.15, -0.1) is 0 Å². The first-order valence-corrected chi connectivity index (χ1v) is 10.7. The first-order valence-electron chi connectivity index (χ1n) is 10.3. The van der Waals surface area contributed by atoms with E-state index in [1.807, 2.05) is 24.3 Å². The summed E-state index contributed by atoms with van der Waals surface area (Å²) < 4.78 is 5.79. The van der Waals surface area contributed by atoms with Crippen molar-refractivity contribution in [2.75, 3.05) is 17.2 Å². The second kappa shape index (κ2) is 11.6. The number of anilines is 2. The predicted octanol–water partition coefficient (Wildman–Crippen LogP) is 4.78. The van der Waals surface area contributed by atoms with Gasteiger partial charge in [-0.2, -0.15) is 0 Å². The Kier molecular flexibility index (Phi) is 8.34. The van der Waals surface area contributed by atoms with Gasteiger partial charge in [0.15, 0.2) is 5.11 Å². The van der Waals surface area contributed by atoms with Crippen LogP contribution in [0.3, 0.4) is 0 Å². The van der Waals surface area contributed by atoms with Crippen LogP contribution in [-0.2, 0) is 11.2 Å². The van der Waals surface area contributed by atoms with Crippen LogP contribution in [0.1, 0.15) is 29.3 Å².